The van der Waals surface area contributed by atoms with Gasteiger partial charge in [0.2, 0.25) is 5.91 Å². The molecular weight excluding hydrogens is 495 g/mol. The maximum absolute atomic E-state index is 14.3. The van der Waals surface area contributed by atoms with Gasteiger partial charge >= 0.3 is 10.2 Å². The number of rotatable bonds is 9. The fourth-order valence-electron chi connectivity index (χ4n) is 3.08. The van der Waals surface area contributed by atoms with Gasteiger partial charge in [-0.05, 0) is 55.0 Å². The van der Waals surface area contributed by atoms with Crippen LogP contribution < -0.4 is 14.3 Å². The molecule has 0 spiro atoms. The van der Waals surface area contributed by atoms with Gasteiger partial charge in [-0.1, -0.05) is 30.3 Å². The molecule has 0 bridgehead atoms. The number of para-hydroxylation sites is 2. The first-order valence-corrected chi connectivity index (χ1v) is 13.2. The summed E-state index contributed by atoms with van der Waals surface area (Å²) in [5, 5.41) is 2.51. The Kier molecular flexibility index (Phi) is 7.78. The molecule has 0 radical (unpaired) electrons. The van der Waals surface area contributed by atoms with E-state index >= 15 is 0 Å². The molecule has 3 aromatic carbocycles. The first-order chi connectivity index (χ1) is 16.4. The van der Waals surface area contributed by atoms with Crippen LogP contribution in [0.2, 0.25) is 0 Å². The van der Waals surface area contributed by atoms with Crippen LogP contribution in [0.3, 0.4) is 0 Å². The number of nitrogens with one attached hydrogen (secondary N) is 2. The minimum Gasteiger partial charge on any atom is -0.325 e. The highest BCUT2D eigenvalue weighted by Gasteiger charge is 2.29. The van der Waals surface area contributed by atoms with Crippen molar-refractivity contribution in [3.05, 3.63) is 84.2 Å². The normalized spacial score (nSPS) is 11.8. The minimum atomic E-state index is -4.18. The third-order valence-electron chi connectivity index (χ3n) is 4.99. The van der Waals surface area contributed by atoms with E-state index in [9.17, 15) is 26.0 Å². The summed E-state index contributed by atoms with van der Waals surface area (Å²) in [4.78, 5) is 12.6. The van der Waals surface area contributed by atoms with E-state index in [1.807, 2.05) is 0 Å². The van der Waals surface area contributed by atoms with Gasteiger partial charge in [0.1, 0.15) is 12.4 Å². The highest BCUT2D eigenvalue weighted by molar-refractivity contribution is 7.92. The third kappa shape index (κ3) is 6.15. The SMILES string of the molecule is Cc1ccccc1NS(=O)(=O)c1ccc(NC(=O)CN(c2ccccc2F)S(=O)(=O)N(C)C)cc1. The fourth-order valence-corrected chi connectivity index (χ4v) is 5.28. The van der Waals surface area contributed by atoms with Gasteiger partial charge in [-0.15, -0.1) is 0 Å². The zero-order chi connectivity index (χ0) is 25.8. The lowest BCUT2D eigenvalue weighted by Gasteiger charge is -2.27. The number of halogens is 1. The summed E-state index contributed by atoms with van der Waals surface area (Å²) in [6.07, 6.45) is 0. The van der Waals surface area contributed by atoms with Crippen LogP contribution >= 0.6 is 0 Å². The van der Waals surface area contributed by atoms with Crippen LogP contribution in [-0.2, 0) is 25.0 Å². The van der Waals surface area contributed by atoms with Crippen LogP contribution in [0.5, 0.6) is 0 Å². The number of carbonyl (C=O) groups excluding carboxylic acids is 1. The number of hydrogen-bond acceptors (Lipinski definition) is 5. The molecule has 3 aromatic rings. The maximum atomic E-state index is 14.3. The predicted molar refractivity (Wildman–Crippen MR) is 133 cm³/mol. The lowest BCUT2D eigenvalue weighted by molar-refractivity contribution is -0.114. The molecule has 0 unspecified atom stereocenters. The van der Waals surface area contributed by atoms with Crippen LogP contribution in [0, 0.1) is 12.7 Å². The first-order valence-electron chi connectivity index (χ1n) is 10.3. The summed E-state index contributed by atoms with van der Waals surface area (Å²) in [5.74, 6) is -1.55. The van der Waals surface area contributed by atoms with Crippen molar-refractivity contribution in [2.24, 2.45) is 0 Å². The van der Waals surface area contributed by atoms with Gasteiger partial charge in [0, 0.05) is 19.8 Å². The Bertz CT molecular complexity index is 1430. The molecule has 0 fully saturated rings. The maximum Gasteiger partial charge on any atom is 0.304 e. The second kappa shape index (κ2) is 10.4. The predicted octanol–water partition coefficient (Wildman–Crippen LogP) is 3.19. The molecule has 9 nitrogen and oxygen atoms in total. The second-order valence-electron chi connectivity index (χ2n) is 7.74. The van der Waals surface area contributed by atoms with Crippen molar-refractivity contribution in [1.82, 2.24) is 4.31 Å². The number of nitrogens with zero attached hydrogens (tertiary/aromatic N) is 2. The molecule has 0 aliphatic heterocycles. The Hall–Kier alpha value is -3.48. The Morgan fingerprint density at radius 1 is 0.886 bits per heavy atom. The Morgan fingerprint density at radius 2 is 1.49 bits per heavy atom. The van der Waals surface area contributed by atoms with E-state index in [0.29, 0.717) is 9.99 Å². The minimum absolute atomic E-state index is 0.0260. The summed E-state index contributed by atoms with van der Waals surface area (Å²) in [6, 6.07) is 17.5. The van der Waals surface area contributed by atoms with E-state index in [1.54, 1.807) is 31.2 Å². The molecule has 0 aliphatic carbocycles. The fraction of sp³-hybridized carbons (Fsp3) is 0.174. The smallest absolute Gasteiger partial charge is 0.304 e. The number of sulfonamides is 1. The first kappa shape index (κ1) is 26.1. The highest BCUT2D eigenvalue weighted by Crippen LogP contribution is 2.24. The van der Waals surface area contributed by atoms with Crippen LogP contribution in [0.25, 0.3) is 0 Å². The van der Waals surface area contributed by atoms with Crippen LogP contribution in [0.4, 0.5) is 21.5 Å². The number of anilines is 3. The molecule has 0 saturated carbocycles. The highest BCUT2D eigenvalue weighted by atomic mass is 32.2. The summed E-state index contributed by atoms with van der Waals surface area (Å²) in [5.41, 5.74) is 1.16. The van der Waals surface area contributed by atoms with Gasteiger partial charge in [-0.2, -0.15) is 12.7 Å². The summed E-state index contributed by atoms with van der Waals surface area (Å²) in [6.45, 7) is 1.08. The lowest BCUT2D eigenvalue weighted by Crippen LogP contribution is -2.44. The molecule has 3 rings (SSSR count). The van der Waals surface area contributed by atoms with Crippen molar-refractivity contribution in [1.29, 1.82) is 0 Å². The summed E-state index contributed by atoms with van der Waals surface area (Å²) < 4.78 is 69.2. The second-order valence-corrected chi connectivity index (χ2v) is 11.5. The molecule has 0 aliphatic rings. The lowest BCUT2D eigenvalue weighted by atomic mass is 10.2. The van der Waals surface area contributed by atoms with Gasteiger partial charge in [0.05, 0.1) is 16.3 Å². The monoisotopic (exact) mass is 520 g/mol. The van der Waals surface area contributed by atoms with Gasteiger partial charge in [0.15, 0.2) is 0 Å². The molecule has 0 atom stereocenters. The van der Waals surface area contributed by atoms with Crippen molar-refractivity contribution in [3.63, 3.8) is 0 Å². The molecule has 186 valence electrons. The Labute approximate surface area is 204 Å². The molecule has 0 aromatic heterocycles. The summed E-state index contributed by atoms with van der Waals surface area (Å²) in [7, 11) is -5.51. The number of carbonyl (C=O) groups is 1. The number of amides is 1. The average molecular weight is 521 g/mol. The van der Waals surface area contributed by atoms with E-state index < -0.39 is 38.5 Å². The molecule has 0 saturated heterocycles. The van der Waals surface area contributed by atoms with Crippen LogP contribution in [0.1, 0.15) is 5.56 Å². The molecule has 2 N–H and O–H groups in total. The van der Waals surface area contributed by atoms with Crippen molar-refractivity contribution in [2.45, 2.75) is 11.8 Å². The Morgan fingerprint density at radius 3 is 2.09 bits per heavy atom. The zero-order valence-corrected chi connectivity index (χ0v) is 20.9. The van der Waals surface area contributed by atoms with Gasteiger partial charge in [-0.3, -0.25) is 9.52 Å². The van der Waals surface area contributed by atoms with E-state index in [-0.39, 0.29) is 16.3 Å². The van der Waals surface area contributed by atoms with Gasteiger partial charge in [-0.25, -0.2) is 17.1 Å². The topological polar surface area (TPSA) is 116 Å². The molecule has 12 heteroatoms. The van der Waals surface area contributed by atoms with Crippen molar-refractivity contribution in [2.75, 3.05) is 35.0 Å². The summed E-state index contributed by atoms with van der Waals surface area (Å²) >= 11 is 0. The van der Waals surface area contributed by atoms with Crippen molar-refractivity contribution < 1.29 is 26.0 Å². The van der Waals surface area contributed by atoms with Crippen molar-refractivity contribution in [3.8, 4) is 0 Å². The van der Waals surface area contributed by atoms with E-state index in [1.165, 1.54) is 56.6 Å². The van der Waals surface area contributed by atoms with Crippen LogP contribution in [-0.4, -0.2) is 47.7 Å². The largest absolute Gasteiger partial charge is 0.325 e. The van der Waals surface area contributed by atoms with E-state index in [0.717, 1.165) is 15.9 Å². The molecule has 35 heavy (non-hydrogen) atoms. The Balaban J connectivity index is 1.77. The van der Waals surface area contributed by atoms with E-state index in [4.69, 9.17) is 0 Å². The third-order valence-corrected chi connectivity index (χ3v) is 8.17. The molecular formula is C23H25FN4O5S2. The van der Waals surface area contributed by atoms with Crippen LogP contribution in [0.15, 0.2) is 77.7 Å². The standard InChI is InChI=1S/C23H25FN4O5S2/c1-17-8-4-6-10-21(17)26-34(30,31)19-14-12-18(13-15-19)25-23(29)16-28(35(32,33)27(2)3)22-11-7-5-9-20(22)24/h4-15,26H,16H2,1-3H3,(H,25,29). The molecule has 1 amide bonds. The zero-order valence-electron chi connectivity index (χ0n) is 19.3. The quantitative estimate of drug-likeness (QED) is 0.450. The number of benzene rings is 3. The number of aryl methyl sites for hydroxylation is 1. The average Bonchev–Trinajstić information content (AvgIpc) is 2.79. The van der Waals surface area contributed by atoms with Gasteiger partial charge < -0.3 is 5.32 Å². The van der Waals surface area contributed by atoms with Gasteiger partial charge in [0.25, 0.3) is 10.0 Å². The van der Waals surface area contributed by atoms with E-state index in [2.05, 4.69) is 10.0 Å². The van der Waals surface area contributed by atoms with Crippen molar-refractivity contribution >= 4 is 43.2 Å². The molecule has 0 heterocycles. The number of hydrogen-bond donors (Lipinski definition) is 2.